The van der Waals surface area contributed by atoms with Gasteiger partial charge in [0, 0.05) is 30.6 Å². The number of sulfonamides is 1. The molecule has 0 aliphatic heterocycles. The first-order valence-corrected chi connectivity index (χ1v) is 14.2. The Kier molecular flexibility index (Phi) is 11.0. The maximum absolute atomic E-state index is 13.4. The highest BCUT2D eigenvalue weighted by molar-refractivity contribution is 7.92. The van der Waals surface area contributed by atoms with Crippen LogP contribution in [-0.2, 0) is 26.2 Å². The van der Waals surface area contributed by atoms with Crippen molar-refractivity contribution in [2.24, 2.45) is 0 Å². The smallest absolute Gasteiger partial charge is 0.243 e. The first kappa shape index (κ1) is 28.7. The molecule has 0 radical (unpaired) electrons. The molecule has 2 aromatic rings. The van der Waals surface area contributed by atoms with E-state index in [2.05, 4.69) is 5.32 Å². The summed E-state index contributed by atoms with van der Waals surface area (Å²) < 4.78 is 26.0. The number of hydrogen-bond donors (Lipinski definition) is 1. The second-order valence-electron chi connectivity index (χ2n) is 8.66. The van der Waals surface area contributed by atoms with Crippen LogP contribution in [0.3, 0.4) is 0 Å². The van der Waals surface area contributed by atoms with E-state index < -0.39 is 16.1 Å². The summed E-state index contributed by atoms with van der Waals surface area (Å²) in [5.74, 6) is -0.390. The molecule has 192 valence electrons. The van der Waals surface area contributed by atoms with Gasteiger partial charge in [0.25, 0.3) is 0 Å². The number of carbonyl (C=O) groups is 2. The highest BCUT2D eigenvalue weighted by Crippen LogP contribution is 2.20. The van der Waals surface area contributed by atoms with Gasteiger partial charge in [-0.1, -0.05) is 55.8 Å². The van der Waals surface area contributed by atoms with E-state index in [0.717, 1.165) is 18.2 Å². The molecule has 0 unspecified atom stereocenters. The van der Waals surface area contributed by atoms with Crippen molar-refractivity contribution in [3.8, 4) is 0 Å². The van der Waals surface area contributed by atoms with Crippen LogP contribution in [-0.4, -0.2) is 50.0 Å². The Morgan fingerprint density at radius 1 is 1.00 bits per heavy atom. The van der Waals surface area contributed by atoms with Crippen LogP contribution < -0.4 is 9.62 Å². The second kappa shape index (κ2) is 13.5. The minimum absolute atomic E-state index is 0.00164. The normalized spacial score (nSPS) is 13.1. The van der Waals surface area contributed by atoms with E-state index in [9.17, 15) is 18.0 Å². The zero-order chi connectivity index (χ0) is 26.0. The Bertz CT molecular complexity index is 1060. The molecule has 35 heavy (non-hydrogen) atoms. The molecule has 2 rings (SSSR count). The van der Waals surface area contributed by atoms with Crippen LogP contribution in [0, 0.1) is 0 Å². The number of rotatable bonds is 13. The topological polar surface area (TPSA) is 86.8 Å². The number of hydrogen-bond acceptors (Lipinski definition) is 4. The van der Waals surface area contributed by atoms with E-state index in [1.165, 1.54) is 4.31 Å². The molecule has 2 aromatic carbocycles. The Morgan fingerprint density at radius 2 is 1.63 bits per heavy atom. The molecule has 0 saturated heterocycles. The number of anilines is 1. The van der Waals surface area contributed by atoms with Crippen LogP contribution >= 0.6 is 11.6 Å². The zero-order valence-electron chi connectivity index (χ0n) is 20.9. The van der Waals surface area contributed by atoms with Gasteiger partial charge in [0.2, 0.25) is 21.8 Å². The van der Waals surface area contributed by atoms with Crippen LogP contribution in [0.15, 0.2) is 54.6 Å². The van der Waals surface area contributed by atoms with E-state index >= 15 is 0 Å². The highest BCUT2D eigenvalue weighted by atomic mass is 35.5. The van der Waals surface area contributed by atoms with Crippen LogP contribution in [0.1, 0.15) is 52.0 Å². The SMILES string of the molecule is CC[C@@H](C)NC(=O)[C@H](CC)N(Cc1ccc(Cl)cc1)C(=O)CCCN(c1ccccc1)S(C)(=O)=O. The van der Waals surface area contributed by atoms with Gasteiger partial charge in [-0.25, -0.2) is 8.42 Å². The van der Waals surface area contributed by atoms with E-state index in [1.807, 2.05) is 39.0 Å². The molecule has 2 atom stereocenters. The Morgan fingerprint density at radius 3 is 2.17 bits per heavy atom. The molecule has 9 heteroatoms. The van der Waals surface area contributed by atoms with E-state index in [0.29, 0.717) is 23.6 Å². The fraction of sp³-hybridized carbons (Fsp3) is 0.462. The predicted octanol–water partition coefficient (Wildman–Crippen LogP) is 4.61. The average molecular weight is 522 g/mol. The van der Waals surface area contributed by atoms with Gasteiger partial charge in [0.05, 0.1) is 11.9 Å². The Labute approximate surface area is 214 Å². The summed E-state index contributed by atoms with van der Waals surface area (Å²) in [6, 6.07) is 15.4. The predicted molar refractivity (Wildman–Crippen MR) is 142 cm³/mol. The lowest BCUT2D eigenvalue weighted by Gasteiger charge is -2.32. The molecule has 0 aromatic heterocycles. The van der Waals surface area contributed by atoms with Crippen molar-refractivity contribution in [3.05, 3.63) is 65.2 Å². The molecule has 0 heterocycles. The number of amides is 2. The van der Waals surface area contributed by atoms with Crippen LogP contribution in [0.25, 0.3) is 0 Å². The molecule has 0 fully saturated rings. The van der Waals surface area contributed by atoms with Gasteiger partial charge in [-0.15, -0.1) is 0 Å². The lowest BCUT2D eigenvalue weighted by Crippen LogP contribution is -2.50. The number of para-hydroxylation sites is 1. The number of nitrogens with zero attached hydrogens (tertiary/aromatic N) is 2. The summed E-state index contributed by atoms with van der Waals surface area (Å²) in [7, 11) is -3.51. The summed E-state index contributed by atoms with van der Waals surface area (Å²) in [6.45, 7) is 6.22. The maximum Gasteiger partial charge on any atom is 0.243 e. The van der Waals surface area contributed by atoms with Crippen LogP contribution in [0.5, 0.6) is 0 Å². The van der Waals surface area contributed by atoms with E-state index in [-0.39, 0.29) is 37.4 Å². The number of benzene rings is 2. The average Bonchev–Trinajstić information content (AvgIpc) is 2.82. The summed E-state index contributed by atoms with van der Waals surface area (Å²) >= 11 is 6.01. The standard InChI is InChI=1S/C26H36ClN3O4S/c1-5-20(3)28-26(32)24(6-2)29(19-21-14-16-22(27)17-15-21)25(31)13-10-18-30(35(4,33)34)23-11-8-7-9-12-23/h7-9,11-12,14-17,20,24H,5-6,10,13,18-19H2,1-4H3,(H,28,32)/t20-,24+/m1/s1. The Balaban J connectivity index is 2.20. The number of halogens is 1. The van der Waals surface area contributed by atoms with E-state index in [1.54, 1.807) is 41.3 Å². The third kappa shape index (κ3) is 8.85. The number of nitrogens with one attached hydrogen (secondary N) is 1. The summed E-state index contributed by atoms with van der Waals surface area (Å²) in [6.07, 6.45) is 2.83. The second-order valence-corrected chi connectivity index (χ2v) is 11.0. The molecular formula is C26H36ClN3O4S. The van der Waals surface area contributed by atoms with Gasteiger partial charge in [-0.3, -0.25) is 13.9 Å². The van der Waals surface area contributed by atoms with Crippen molar-refractivity contribution in [1.29, 1.82) is 0 Å². The maximum atomic E-state index is 13.4. The minimum Gasteiger partial charge on any atom is -0.352 e. The summed E-state index contributed by atoms with van der Waals surface area (Å²) in [5, 5.41) is 3.58. The largest absolute Gasteiger partial charge is 0.352 e. The summed E-state index contributed by atoms with van der Waals surface area (Å²) in [4.78, 5) is 28.0. The van der Waals surface area contributed by atoms with Crippen molar-refractivity contribution in [2.75, 3.05) is 17.1 Å². The van der Waals surface area contributed by atoms with Crippen molar-refractivity contribution < 1.29 is 18.0 Å². The van der Waals surface area contributed by atoms with Crippen molar-refractivity contribution in [3.63, 3.8) is 0 Å². The lowest BCUT2D eigenvalue weighted by molar-refractivity contribution is -0.141. The van der Waals surface area contributed by atoms with Gasteiger partial charge in [0.15, 0.2) is 0 Å². The fourth-order valence-electron chi connectivity index (χ4n) is 3.75. The third-order valence-electron chi connectivity index (χ3n) is 5.85. The zero-order valence-corrected chi connectivity index (χ0v) is 22.5. The van der Waals surface area contributed by atoms with Gasteiger partial charge in [-0.2, -0.15) is 0 Å². The van der Waals surface area contributed by atoms with Gasteiger partial charge < -0.3 is 10.2 Å². The molecule has 7 nitrogen and oxygen atoms in total. The molecule has 0 aliphatic rings. The minimum atomic E-state index is -3.51. The monoisotopic (exact) mass is 521 g/mol. The molecule has 0 bridgehead atoms. The van der Waals surface area contributed by atoms with Crippen molar-refractivity contribution in [1.82, 2.24) is 10.2 Å². The first-order valence-electron chi connectivity index (χ1n) is 11.9. The molecule has 1 N–H and O–H groups in total. The molecule has 0 spiro atoms. The van der Waals surface area contributed by atoms with Crippen molar-refractivity contribution in [2.45, 2.75) is 65.1 Å². The van der Waals surface area contributed by atoms with Crippen molar-refractivity contribution >= 4 is 39.1 Å². The van der Waals surface area contributed by atoms with Crippen LogP contribution in [0.2, 0.25) is 5.02 Å². The summed E-state index contributed by atoms with van der Waals surface area (Å²) in [5.41, 5.74) is 1.42. The van der Waals surface area contributed by atoms with Gasteiger partial charge in [0.1, 0.15) is 6.04 Å². The van der Waals surface area contributed by atoms with Crippen LogP contribution in [0.4, 0.5) is 5.69 Å². The molecule has 2 amide bonds. The lowest BCUT2D eigenvalue weighted by atomic mass is 10.1. The Hall–Kier alpha value is -2.58. The van der Waals surface area contributed by atoms with Gasteiger partial charge >= 0.3 is 0 Å². The number of carbonyl (C=O) groups excluding carboxylic acids is 2. The quantitative estimate of drug-likeness (QED) is 0.417. The molecule has 0 aliphatic carbocycles. The molecule has 0 saturated carbocycles. The third-order valence-corrected chi connectivity index (χ3v) is 7.30. The van der Waals surface area contributed by atoms with Gasteiger partial charge in [-0.05, 0) is 56.0 Å². The fourth-order valence-corrected chi connectivity index (χ4v) is 4.84. The van der Waals surface area contributed by atoms with E-state index in [4.69, 9.17) is 11.6 Å². The molecular weight excluding hydrogens is 486 g/mol. The first-order chi connectivity index (χ1) is 16.6. The highest BCUT2D eigenvalue weighted by Gasteiger charge is 2.29.